The molecule has 9 heteroatoms. The molecule has 34 heavy (non-hydrogen) atoms. The molecular weight excluding hydrogens is 446 g/mol. The summed E-state index contributed by atoms with van der Waals surface area (Å²) in [5, 5.41) is 5.14. The van der Waals surface area contributed by atoms with Crippen LogP contribution in [0.25, 0.3) is 28.4 Å². The fraction of sp³-hybridized carbons (Fsp3) is 0.480. The minimum atomic E-state index is 0.595. The van der Waals surface area contributed by atoms with E-state index in [1.165, 1.54) is 11.2 Å². The van der Waals surface area contributed by atoms with Crippen LogP contribution in [-0.4, -0.2) is 71.2 Å². The molecule has 2 aromatic heterocycles. The average molecular weight is 482 g/mol. The molecule has 1 atom stereocenters. The number of rotatable bonds is 9. The molecule has 3 heterocycles. The number of thiol groups is 1. The second-order valence-corrected chi connectivity index (χ2v) is 9.41. The Bertz CT molecular complexity index is 1140. The van der Waals surface area contributed by atoms with Crippen LogP contribution in [0.4, 0.5) is 5.82 Å². The summed E-state index contributed by atoms with van der Waals surface area (Å²) in [6.07, 6.45) is 8.23. The Morgan fingerprint density at radius 3 is 2.82 bits per heavy atom. The van der Waals surface area contributed by atoms with Crippen LogP contribution in [0.3, 0.4) is 0 Å². The van der Waals surface area contributed by atoms with Gasteiger partial charge in [0.25, 0.3) is 0 Å². The molecule has 1 aromatic carbocycles. The molecule has 8 nitrogen and oxygen atoms in total. The highest BCUT2D eigenvalue weighted by Crippen LogP contribution is 2.32. The zero-order valence-electron chi connectivity index (χ0n) is 20.3. The first kappa shape index (κ1) is 24.5. The molecule has 0 saturated carbocycles. The Hall–Kier alpha value is -2.62. The Morgan fingerprint density at radius 2 is 2.06 bits per heavy atom. The highest BCUT2D eigenvalue weighted by atomic mass is 32.1. The van der Waals surface area contributed by atoms with Crippen LogP contribution in [0, 0.1) is 5.92 Å². The number of nitrogens with zero attached hydrogens (tertiary/aromatic N) is 6. The highest BCUT2D eigenvalue weighted by Gasteiger charge is 2.20. The van der Waals surface area contributed by atoms with Crippen LogP contribution in [-0.2, 0) is 4.74 Å². The van der Waals surface area contributed by atoms with Gasteiger partial charge in [0, 0.05) is 24.0 Å². The number of hydrogen-bond acceptors (Lipinski definition) is 8. The summed E-state index contributed by atoms with van der Waals surface area (Å²) in [5.41, 5.74) is 2.57. The van der Waals surface area contributed by atoms with Crippen LogP contribution < -0.4 is 10.7 Å². The number of hydrogen-bond donors (Lipinski definition) is 2. The van der Waals surface area contributed by atoms with Crippen molar-refractivity contribution in [2.75, 3.05) is 57.2 Å². The molecule has 0 spiro atoms. The maximum absolute atomic E-state index is 5.99. The van der Waals surface area contributed by atoms with Gasteiger partial charge in [0.2, 0.25) is 0 Å². The summed E-state index contributed by atoms with van der Waals surface area (Å²) in [5.74, 6) is 8.07. The molecule has 1 aliphatic heterocycles. The van der Waals surface area contributed by atoms with Gasteiger partial charge in [-0.05, 0) is 51.0 Å². The van der Waals surface area contributed by atoms with Gasteiger partial charge in [-0.1, -0.05) is 32.1 Å². The zero-order valence-corrected chi connectivity index (χ0v) is 21.2. The smallest absolute Gasteiger partial charge is 0.162 e. The van der Waals surface area contributed by atoms with Crippen LogP contribution >= 0.6 is 12.6 Å². The van der Waals surface area contributed by atoms with Crippen molar-refractivity contribution in [3.05, 3.63) is 36.2 Å². The largest absolute Gasteiger partial charge is 0.378 e. The third-order valence-electron chi connectivity index (χ3n) is 6.44. The van der Waals surface area contributed by atoms with Crippen LogP contribution in [0.5, 0.6) is 0 Å². The standard InChI is InChI=1S/C25H35N7OS/c1-4-30(3)12-11-18(2)7-5-9-21-23(34)25(31-13-15-33-16-14-31)29-24(28-21)19-8-6-10-22-20(19)17-27-32(22)26/h5-6,8-10,17-18,34H,4,7,11-16,26H2,1-3H3/b9-5+. The van der Waals surface area contributed by atoms with E-state index in [-0.39, 0.29) is 0 Å². The van der Waals surface area contributed by atoms with E-state index in [1.807, 2.05) is 18.2 Å². The van der Waals surface area contributed by atoms with E-state index in [4.69, 9.17) is 33.2 Å². The fourth-order valence-corrected chi connectivity index (χ4v) is 4.40. The first-order valence-electron chi connectivity index (χ1n) is 12.0. The summed E-state index contributed by atoms with van der Waals surface area (Å²) in [6.45, 7) is 9.59. The third-order valence-corrected chi connectivity index (χ3v) is 6.87. The second kappa shape index (κ2) is 11.2. The van der Waals surface area contributed by atoms with E-state index in [0.717, 1.165) is 65.5 Å². The molecule has 1 unspecified atom stereocenters. The number of fused-ring (bicyclic) bond motifs is 1. The average Bonchev–Trinajstić information content (AvgIpc) is 3.25. The van der Waals surface area contributed by atoms with Crippen molar-refractivity contribution in [2.24, 2.45) is 5.92 Å². The molecule has 0 aliphatic carbocycles. The first-order chi connectivity index (χ1) is 16.5. The molecular formula is C25H35N7OS. The minimum absolute atomic E-state index is 0.595. The highest BCUT2D eigenvalue weighted by molar-refractivity contribution is 7.80. The van der Waals surface area contributed by atoms with Crippen molar-refractivity contribution in [1.82, 2.24) is 24.8 Å². The maximum atomic E-state index is 5.99. The summed E-state index contributed by atoms with van der Waals surface area (Å²) >= 11 is 4.86. The van der Waals surface area contributed by atoms with Gasteiger partial charge in [-0.15, -0.1) is 12.6 Å². The van der Waals surface area contributed by atoms with Gasteiger partial charge in [0.1, 0.15) is 5.82 Å². The van der Waals surface area contributed by atoms with Crippen molar-refractivity contribution >= 4 is 35.4 Å². The third kappa shape index (κ3) is 5.54. The minimum Gasteiger partial charge on any atom is -0.378 e. The Morgan fingerprint density at radius 1 is 1.26 bits per heavy atom. The molecule has 1 saturated heterocycles. The van der Waals surface area contributed by atoms with E-state index < -0.39 is 0 Å². The molecule has 0 radical (unpaired) electrons. The van der Waals surface area contributed by atoms with E-state index in [9.17, 15) is 0 Å². The number of anilines is 1. The normalized spacial score (nSPS) is 15.6. The quantitative estimate of drug-likeness (QED) is 0.356. The fourth-order valence-electron chi connectivity index (χ4n) is 4.09. The predicted octanol–water partition coefficient (Wildman–Crippen LogP) is 3.71. The summed E-state index contributed by atoms with van der Waals surface area (Å²) in [6, 6.07) is 5.92. The van der Waals surface area contributed by atoms with Crippen molar-refractivity contribution in [3.8, 4) is 11.4 Å². The van der Waals surface area contributed by atoms with Gasteiger partial charge in [-0.3, -0.25) is 0 Å². The molecule has 1 fully saturated rings. The lowest BCUT2D eigenvalue weighted by atomic mass is 10.0. The summed E-state index contributed by atoms with van der Waals surface area (Å²) < 4.78 is 5.55. The van der Waals surface area contributed by atoms with Crippen molar-refractivity contribution in [3.63, 3.8) is 0 Å². The lowest BCUT2D eigenvalue weighted by Gasteiger charge is -2.29. The van der Waals surface area contributed by atoms with Gasteiger partial charge in [-0.25, -0.2) is 9.97 Å². The number of benzene rings is 1. The van der Waals surface area contributed by atoms with E-state index >= 15 is 0 Å². The van der Waals surface area contributed by atoms with E-state index in [2.05, 4.69) is 47.9 Å². The topological polar surface area (TPSA) is 85.3 Å². The van der Waals surface area contributed by atoms with Crippen LogP contribution in [0.2, 0.25) is 0 Å². The predicted molar refractivity (Wildman–Crippen MR) is 142 cm³/mol. The van der Waals surface area contributed by atoms with Gasteiger partial charge >= 0.3 is 0 Å². The Kier molecular flexibility index (Phi) is 8.07. The molecule has 182 valence electrons. The van der Waals surface area contributed by atoms with Crippen molar-refractivity contribution < 1.29 is 4.74 Å². The molecule has 4 rings (SSSR count). The molecule has 3 aromatic rings. The molecule has 0 amide bonds. The Labute approximate surface area is 207 Å². The maximum Gasteiger partial charge on any atom is 0.162 e. The van der Waals surface area contributed by atoms with Crippen LogP contribution in [0.15, 0.2) is 35.4 Å². The number of nitrogen functional groups attached to an aromatic ring is 1. The lowest BCUT2D eigenvalue weighted by Crippen LogP contribution is -2.37. The number of ether oxygens (including phenoxy) is 1. The van der Waals surface area contributed by atoms with Crippen LogP contribution in [0.1, 0.15) is 32.4 Å². The van der Waals surface area contributed by atoms with E-state index in [0.29, 0.717) is 25.0 Å². The lowest BCUT2D eigenvalue weighted by molar-refractivity contribution is 0.122. The van der Waals surface area contributed by atoms with Gasteiger partial charge in [-0.2, -0.15) is 9.89 Å². The van der Waals surface area contributed by atoms with Crippen molar-refractivity contribution in [2.45, 2.75) is 31.6 Å². The molecule has 0 bridgehead atoms. The molecule has 2 N–H and O–H groups in total. The summed E-state index contributed by atoms with van der Waals surface area (Å²) in [4.78, 5) is 16.6. The van der Waals surface area contributed by atoms with Gasteiger partial charge < -0.3 is 20.4 Å². The SMILES string of the molecule is CCN(C)CCC(C)C/C=C/c1nc(-c2cccc3c2cnn3N)nc(N2CCOCC2)c1S. The number of nitrogens with two attached hydrogens (primary N) is 1. The van der Waals surface area contributed by atoms with Gasteiger partial charge in [0.15, 0.2) is 5.82 Å². The van der Waals surface area contributed by atoms with Crippen molar-refractivity contribution in [1.29, 1.82) is 0 Å². The number of aromatic nitrogens is 4. The second-order valence-electron chi connectivity index (χ2n) is 8.96. The van der Waals surface area contributed by atoms with E-state index in [1.54, 1.807) is 6.20 Å². The van der Waals surface area contributed by atoms with Gasteiger partial charge in [0.05, 0.1) is 35.5 Å². The Balaban J connectivity index is 1.66. The monoisotopic (exact) mass is 481 g/mol. The number of allylic oxidation sites excluding steroid dienone is 1. The zero-order chi connectivity index (χ0) is 24.1. The first-order valence-corrected chi connectivity index (χ1v) is 12.4. The molecule has 1 aliphatic rings. The summed E-state index contributed by atoms with van der Waals surface area (Å²) in [7, 11) is 2.17. The number of morpholine rings is 1.